The van der Waals surface area contributed by atoms with Crippen LogP contribution in [-0.4, -0.2) is 32.7 Å². The zero-order valence-electron chi connectivity index (χ0n) is 14.5. The van der Waals surface area contributed by atoms with Crippen molar-refractivity contribution in [2.45, 2.75) is 19.4 Å². The summed E-state index contributed by atoms with van der Waals surface area (Å²) in [5.74, 6) is 1.10. The minimum atomic E-state index is 0.00780. The predicted octanol–water partition coefficient (Wildman–Crippen LogP) is 3.75. The highest BCUT2D eigenvalue weighted by atomic mass is 35.5. The number of para-hydroxylation sites is 1. The Hall–Kier alpha value is -2.40. The molecule has 1 unspecified atom stereocenters. The Morgan fingerprint density at radius 1 is 1.24 bits per heavy atom. The van der Waals surface area contributed by atoms with Gasteiger partial charge in [0.2, 0.25) is 5.91 Å². The normalized spacial score (nSPS) is 15.7. The number of amides is 1. The first kappa shape index (κ1) is 17.4. The lowest BCUT2D eigenvalue weighted by Gasteiger charge is -2.23. The molecule has 0 saturated carbocycles. The summed E-state index contributed by atoms with van der Waals surface area (Å²) in [4.78, 5) is 14.6. The molecule has 0 aliphatic carbocycles. The summed E-state index contributed by atoms with van der Waals surface area (Å²) in [6, 6.07) is 11.6. The Morgan fingerprint density at radius 3 is 2.68 bits per heavy atom. The first-order chi connectivity index (χ1) is 12.0. The van der Waals surface area contributed by atoms with Gasteiger partial charge in [0.05, 0.1) is 31.5 Å². The molecule has 0 fully saturated rings. The van der Waals surface area contributed by atoms with Crippen molar-refractivity contribution in [1.29, 1.82) is 0 Å². The first-order valence-corrected chi connectivity index (χ1v) is 8.48. The highest BCUT2D eigenvalue weighted by molar-refractivity contribution is 6.32. The molecule has 0 saturated heterocycles. The van der Waals surface area contributed by atoms with Crippen molar-refractivity contribution < 1.29 is 14.3 Å². The fraction of sp³-hybridized carbons (Fsp3) is 0.316. The summed E-state index contributed by atoms with van der Waals surface area (Å²) in [5, 5.41) is 3.60. The first-order valence-electron chi connectivity index (χ1n) is 8.10. The molecule has 1 atom stereocenters. The second-order valence-electron chi connectivity index (χ2n) is 5.99. The zero-order chi connectivity index (χ0) is 18.0. The Labute approximate surface area is 152 Å². The van der Waals surface area contributed by atoms with Crippen LogP contribution in [0, 0.1) is 0 Å². The number of nitrogens with zero attached hydrogens (tertiary/aromatic N) is 1. The second kappa shape index (κ2) is 7.23. The van der Waals surface area contributed by atoms with Crippen LogP contribution >= 0.6 is 11.6 Å². The molecule has 3 rings (SSSR count). The molecule has 25 heavy (non-hydrogen) atoms. The van der Waals surface area contributed by atoms with E-state index in [1.807, 2.05) is 23.1 Å². The molecule has 1 heterocycles. The van der Waals surface area contributed by atoms with E-state index < -0.39 is 0 Å². The molecule has 2 aromatic carbocycles. The molecule has 1 N–H and O–H groups in total. The number of ether oxygens (including phenoxy) is 2. The zero-order valence-corrected chi connectivity index (χ0v) is 15.3. The Balaban J connectivity index is 1.77. The third kappa shape index (κ3) is 3.37. The van der Waals surface area contributed by atoms with Gasteiger partial charge in [-0.25, -0.2) is 0 Å². The van der Waals surface area contributed by atoms with Crippen LogP contribution in [0.3, 0.4) is 0 Å². The lowest BCUT2D eigenvalue weighted by Crippen LogP contribution is -2.39. The Morgan fingerprint density at radius 2 is 1.96 bits per heavy atom. The maximum Gasteiger partial charge on any atom is 0.246 e. The molecule has 0 radical (unpaired) electrons. The largest absolute Gasteiger partial charge is 0.495 e. The van der Waals surface area contributed by atoms with Crippen molar-refractivity contribution in [3.05, 3.63) is 47.0 Å². The van der Waals surface area contributed by atoms with Gasteiger partial charge in [-0.15, -0.1) is 0 Å². The van der Waals surface area contributed by atoms with Crippen LogP contribution in [-0.2, 0) is 11.2 Å². The van der Waals surface area contributed by atoms with Crippen molar-refractivity contribution in [2.24, 2.45) is 0 Å². The van der Waals surface area contributed by atoms with E-state index in [-0.39, 0.29) is 18.5 Å². The van der Waals surface area contributed by atoms with E-state index in [4.69, 9.17) is 21.1 Å². The summed E-state index contributed by atoms with van der Waals surface area (Å²) in [6.07, 6.45) is 0.875. The Bertz CT molecular complexity index is 794. The van der Waals surface area contributed by atoms with E-state index in [2.05, 4.69) is 18.3 Å². The molecule has 0 aromatic heterocycles. The van der Waals surface area contributed by atoms with Crippen LogP contribution in [0.25, 0.3) is 0 Å². The molecule has 132 valence electrons. The van der Waals surface area contributed by atoms with Crippen molar-refractivity contribution in [3.8, 4) is 11.5 Å². The number of benzene rings is 2. The number of carbonyl (C=O) groups is 1. The second-order valence-corrected chi connectivity index (χ2v) is 6.39. The number of hydrogen-bond donors (Lipinski definition) is 1. The van der Waals surface area contributed by atoms with Crippen LogP contribution in [0.15, 0.2) is 36.4 Å². The predicted molar refractivity (Wildman–Crippen MR) is 100 cm³/mol. The summed E-state index contributed by atoms with van der Waals surface area (Å²) in [7, 11) is 3.11. The molecule has 2 aromatic rings. The van der Waals surface area contributed by atoms with E-state index in [0.29, 0.717) is 22.2 Å². The van der Waals surface area contributed by atoms with Gasteiger partial charge in [0, 0.05) is 23.9 Å². The van der Waals surface area contributed by atoms with Gasteiger partial charge in [0.1, 0.15) is 11.5 Å². The quantitative estimate of drug-likeness (QED) is 0.882. The van der Waals surface area contributed by atoms with Gasteiger partial charge in [-0.1, -0.05) is 29.8 Å². The molecule has 1 aliphatic heterocycles. The van der Waals surface area contributed by atoms with Crippen molar-refractivity contribution in [1.82, 2.24) is 0 Å². The Kier molecular flexibility index (Phi) is 5.04. The number of hydrogen-bond acceptors (Lipinski definition) is 4. The molecule has 6 heteroatoms. The van der Waals surface area contributed by atoms with Crippen LogP contribution < -0.4 is 19.7 Å². The molecule has 5 nitrogen and oxygen atoms in total. The van der Waals surface area contributed by atoms with Gasteiger partial charge in [-0.05, 0) is 25.0 Å². The minimum Gasteiger partial charge on any atom is -0.495 e. The van der Waals surface area contributed by atoms with Gasteiger partial charge in [-0.3, -0.25) is 4.79 Å². The van der Waals surface area contributed by atoms with Gasteiger partial charge < -0.3 is 19.7 Å². The summed E-state index contributed by atoms with van der Waals surface area (Å²) < 4.78 is 10.6. The fourth-order valence-electron chi connectivity index (χ4n) is 3.20. The maximum absolute atomic E-state index is 12.8. The van der Waals surface area contributed by atoms with Crippen LogP contribution in [0.5, 0.6) is 11.5 Å². The van der Waals surface area contributed by atoms with Crippen molar-refractivity contribution in [2.75, 3.05) is 31.0 Å². The van der Waals surface area contributed by atoms with Gasteiger partial charge in [-0.2, -0.15) is 0 Å². The van der Waals surface area contributed by atoms with Crippen LogP contribution in [0.4, 0.5) is 11.4 Å². The van der Waals surface area contributed by atoms with E-state index in [1.165, 1.54) is 5.56 Å². The smallest absolute Gasteiger partial charge is 0.246 e. The fourth-order valence-corrected chi connectivity index (χ4v) is 3.43. The third-order valence-electron chi connectivity index (χ3n) is 4.38. The lowest BCUT2D eigenvalue weighted by atomic mass is 10.1. The number of halogens is 1. The van der Waals surface area contributed by atoms with E-state index in [1.54, 1.807) is 26.4 Å². The molecule has 0 bridgehead atoms. The number of anilines is 2. The van der Waals surface area contributed by atoms with E-state index in [9.17, 15) is 4.79 Å². The summed E-state index contributed by atoms with van der Waals surface area (Å²) in [6.45, 7) is 2.21. The number of fused-ring (bicyclic) bond motifs is 1. The van der Waals surface area contributed by atoms with Crippen LogP contribution in [0.2, 0.25) is 5.02 Å². The molecule has 1 amide bonds. The van der Waals surface area contributed by atoms with Gasteiger partial charge in [0.15, 0.2) is 0 Å². The highest BCUT2D eigenvalue weighted by Gasteiger charge is 2.30. The van der Waals surface area contributed by atoms with E-state index >= 15 is 0 Å². The van der Waals surface area contributed by atoms with E-state index in [0.717, 1.165) is 12.1 Å². The number of nitrogens with one attached hydrogen (secondary N) is 1. The topological polar surface area (TPSA) is 50.8 Å². The summed E-state index contributed by atoms with van der Waals surface area (Å²) >= 11 is 6.11. The molecule has 0 spiro atoms. The number of methoxy groups -OCH3 is 2. The summed E-state index contributed by atoms with van der Waals surface area (Å²) in [5.41, 5.74) is 2.86. The van der Waals surface area contributed by atoms with Gasteiger partial charge in [0.25, 0.3) is 0 Å². The SMILES string of the molecule is COc1cc(NCC(=O)N2c3ccccc3CC2C)c(OC)cc1Cl. The standard InChI is InChI=1S/C19H21ClN2O3/c1-12-8-13-6-4-5-7-16(13)22(12)19(23)11-21-15-10-17(24-2)14(20)9-18(15)25-3/h4-7,9-10,12,21H,8,11H2,1-3H3. The van der Waals surface area contributed by atoms with Crippen molar-refractivity contribution >= 4 is 28.9 Å². The number of rotatable bonds is 5. The monoisotopic (exact) mass is 360 g/mol. The molecular formula is C19H21ClN2O3. The number of carbonyl (C=O) groups excluding carboxylic acids is 1. The molecular weight excluding hydrogens is 340 g/mol. The minimum absolute atomic E-state index is 0.00780. The molecule has 1 aliphatic rings. The van der Waals surface area contributed by atoms with Gasteiger partial charge >= 0.3 is 0 Å². The lowest BCUT2D eigenvalue weighted by molar-refractivity contribution is -0.117. The van der Waals surface area contributed by atoms with Crippen molar-refractivity contribution in [3.63, 3.8) is 0 Å². The average Bonchev–Trinajstić information content (AvgIpc) is 2.95. The average molecular weight is 361 g/mol. The highest BCUT2D eigenvalue weighted by Crippen LogP contribution is 2.36. The third-order valence-corrected chi connectivity index (χ3v) is 4.68. The maximum atomic E-state index is 12.8. The van der Waals surface area contributed by atoms with Crippen LogP contribution in [0.1, 0.15) is 12.5 Å².